The number of aryl methyl sites for hydroxylation is 1. The zero-order valence-corrected chi connectivity index (χ0v) is 11.0. The summed E-state index contributed by atoms with van der Waals surface area (Å²) in [6, 6.07) is 9.50. The van der Waals surface area contributed by atoms with Gasteiger partial charge in [0.15, 0.2) is 11.3 Å². The highest BCUT2D eigenvalue weighted by Gasteiger charge is 2.11. The Bertz CT molecular complexity index is 710. The first-order chi connectivity index (χ1) is 9.75. The molecule has 3 N–H and O–H groups in total. The normalized spacial score (nSPS) is 12.5. The molecule has 3 aromatic rings. The molecule has 102 valence electrons. The standard InChI is InChI=1S/C14H15N5O/c1-9-12-13(19-18-9)14(17-8-16-12)15-7-11(20)10-5-3-2-4-6-10/h2-6,8,11,20H,7H2,1H3,(H,18,19)(H,15,16,17). The number of aliphatic hydroxyl groups excluding tert-OH is 1. The van der Waals surface area contributed by atoms with Gasteiger partial charge in [0.1, 0.15) is 11.8 Å². The van der Waals surface area contributed by atoms with Crippen molar-refractivity contribution in [1.82, 2.24) is 20.2 Å². The van der Waals surface area contributed by atoms with Gasteiger partial charge in [-0.15, -0.1) is 0 Å². The summed E-state index contributed by atoms with van der Waals surface area (Å²) in [5.74, 6) is 0.620. The van der Waals surface area contributed by atoms with Gasteiger partial charge in [-0.2, -0.15) is 5.10 Å². The third kappa shape index (κ3) is 2.33. The lowest BCUT2D eigenvalue weighted by Gasteiger charge is -2.12. The van der Waals surface area contributed by atoms with Crippen LogP contribution in [0.2, 0.25) is 0 Å². The van der Waals surface area contributed by atoms with E-state index >= 15 is 0 Å². The molecule has 0 fully saturated rings. The molecule has 1 aromatic carbocycles. The molecule has 1 atom stereocenters. The van der Waals surface area contributed by atoms with Gasteiger partial charge in [0.2, 0.25) is 0 Å². The van der Waals surface area contributed by atoms with Crippen LogP contribution < -0.4 is 5.32 Å². The Balaban J connectivity index is 1.77. The molecule has 0 aliphatic rings. The number of fused-ring (bicyclic) bond motifs is 1. The lowest BCUT2D eigenvalue weighted by molar-refractivity contribution is 0.191. The number of benzene rings is 1. The summed E-state index contributed by atoms with van der Waals surface area (Å²) in [6.45, 7) is 2.27. The molecule has 3 rings (SSSR count). The van der Waals surface area contributed by atoms with Gasteiger partial charge in [0.25, 0.3) is 0 Å². The van der Waals surface area contributed by atoms with Gasteiger partial charge >= 0.3 is 0 Å². The fourth-order valence-corrected chi connectivity index (χ4v) is 2.07. The molecule has 0 amide bonds. The van der Waals surface area contributed by atoms with Crippen molar-refractivity contribution >= 4 is 16.9 Å². The van der Waals surface area contributed by atoms with E-state index in [9.17, 15) is 5.11 Å². The van der Waals surface area contributed by atoms with Crippen LogP contribution in [0.5, 0.6) is 0 Å². The number of H-pyrrole nitrogens is 1. The summed E-state index contributed by atoms with van der Waals surface area (Å²) < 4.78 is 0. The van der Waals surface area contributed by atoms with Crippen molar-refractivity contribution in [2.45, 2.75) is 13.0 Å². The third-order valence-corrected chi connectivity index (χ3v) is 3.16. The molecule has 20 heavy (non-hydrogen) atoms. The topological polar surface area (TPSA) is 86.7 Å². The van der Waals surface area contributed by atoms with Crippen LogP contribution >= 0.6 is 0 Å². The van der Waals surface area contributed by atoms with Crippen molar-refractivity contribution in [2.24, 2.45) is 0 Å². The van der Waals surface area contributed by atoms with E-state index in [4.69, 9.17) is 0 Å². The Morgan fingerprint density at radius 2 is 2.00 bits per heavy atom. The van der Waals surface area contributed by atoms with E-state index < -0.39 is 6.10 Å². The van der Waals surface area contributed by atoms with E-state index in [-0.39, 0.29) is 0 Å². The number of anilines is 1. The number of aromatic amines is 1. The van der Waals surface area contributed by atoms with Crippen molar-refractivity contribution in [1.29, 1.82) is 0 Å². The van der Waals surface area contributed by atoms with Gasteiger partial charge in [0, 0.05) is 6.54 Å². The molecule has 6 heteroatoms. The van der Waals surface area contributed by atoms with Crippen LogP contribution in [0.15, 0.2) is 36.7 Å². The van der Waals surface area contributed by atoms with Crippen LogP contribution in [0.1, 0.15) is 17.4 Å². The molecule has 0 radical (unpaired) electrons. The average Bonchev–Trinajstić information content (AvgIpc) is 2.88. The number of aromatic nitrogens is 4. The van der Waals surface area contributed by atoms with Gasteiger partial charge in [-0.25, -0.2) is 9.97 Å². The quantitative estimate of drug-likeness (QED) is 0.672. The molecular formula is C14H15N5O. The number of rotatable bonds is 4. The van der Waals surface area contributed by atoms with Crippen molar-refractivity contribution in [3.05, 3.63) is 47.9 Å². The van der Waals surface area contributed by atoms with E-state index in [1.54, 1.807) is 0 Å². The molecular weight excluding hydrogens is 254 g/mol. The zero-order valence-electron chi connectivity index (χ0n) is 11.0. The number of hydrogen-bond donors (Lipinski definition) is 3. The Labute approximate surface area is 115 Å². The third-order valence-electron chi connectivity index (χ3n) is 3.16. The maximum Gasteiger partial charge on any atom is 0.158 e. The summed E-state index contributed by atoms with van der Waals surface area (Å²) in [4.78, 5) is 8.35. The molecule has 0 aliphatic carbocycles. The summed E-state index contributed by atoms with van der Waals surface area (Å²) in [5, 5.41) is 20.3. The van der Waals surface area contributed by atoms with Gasteiger partial charge < -0.3 is 10.4 Å². The first kappa shape index (κ1) is 12.6. The van der Waals surface area contributed by atoms with Crippen LogP contribution in [-0.4, -0.2) is 31.8 Å². The number of aliphatic hydroxyl groups is 1. The molecule has 1 unspecified atom stereocenters. The Kier molecular flexibility index (Phi) is 3.30. The molecule has 2 heterocycles. The van der Waals surface area contributed by atoms with E-state index in [0.717, 1.165) is 16.8 Å². The first-order valence-electron chi connectivity index (χ1n) is 6.38. The Morgan fingerprint density at radius 3 is 2.80 bits per heavy atom. The molecule has 0 aliphatic heterocycles. The summed E-state index contributed by atoms with van der Waals surface area (Å²) >= 11 is 0. The highest BCUT2D eigenvalue weighted by Crippen LogP contribution is 2.20. The average molecular weight is 269 g/mol. The minimum atomic E-state index is -0.596. The molecule has 0 saturated heterocycles. The molecule has 2 aromatic heterocycles. The SMILES string of the molecule is Cc1[nH]nc2c(NCC(O)c3ccccc3)ncnc12. The lowest BCUT2D eigenvalue weighted by atomic mass is 10.1. The number of nitrogens with zero attached hydrogens (tertiary/aromatic N) is 3. The highest BCUT2D eigenvalue weighted by molar-refractivity contribution is 5.86. The second-order valence-corrected chi connectivity index (χ2v) is 4.58. The molecule has 0 spiro atoms. The fraction of sp³-hybridized carbons (Fsp3) is 0.214. The van der Waals surface area contributed by atoms with Crippen LogP contribution in [0.25, 0.3) is 11.0 Å². The van der Waals surface area contributed by atoms with E-state index in [2.05, 4.69) is 25.5 Å². The molecule has 6 nitrogen and oxygen atoms in total. The van der Waals surface area contributed by atoms with Crippen molar-refractivity contribution < 1.29 is 5.11 Å². The summed E-state index contributed by atoms with van der Waals surface area (Å²) in [6.07, 6.45) is 0.892. The maximum absolute atomic E-state index is 10.1. The monoisotopic (exact) mass is 269 g/mol. The van der Waals surface area contributed by atoms with E-state index in [1.165, 1.54) is 6.33 Å². The number of nitrogens with one attached hydrogen (secondary N) is 2. The van der Waals surface area contributed by atoms with Gasteiger partial charge in [-0.05, 0) is 12.5 Å². The largest absolute Gasteiger partial charge is 0.387 e. The van der Waals surface area contributed by atoms with Crippen molar-refractivity contribution in [3.8, 4) is 0 Å². The predicted octanol–water partition coefficient (Wildman–Crippen LogP) is 1.81. The summed E-state index contributed by atoms with van der Waals surface area (Å²) in [7, 11) is 0. The van der Waals surface area contributed by atoms with Crippen LogP contribution in [0, 0.1) is 6.92 Å². The second kappa shape index (κ2) is 5.26. The second-order valence-electron chi connectivity index (χ2n) is 4.58. The molecule has 0 bridgehead atoms. The minimum absolute atomic E-state index is 0.363. The smallest absolute Gasteiger partial charge is 0.158 e. The van der Waals surface area contributed by atoms with Gasteiger partial charge in [-0.3, -0.25) is 5.10 Å². The van der Waals surface area contributed by atoms with Crippen LogP contribution in [0.3, 0.4) is 0 Å². The predicted molar refractivity (Wildman–Crippen MR) is 76.3 cm³/mol. The van der Waals surface area contributed by atoms with Crippen LogP contribution in [-0.2, 0) is 0 Å². The fourth-order valence-electron chi connectivity index (χ4n) is 2.07. The Hall–Kier alpha value is -2.47. The van der Waals surface area contributed by atoms with Crippen molar-refractivity contribution in [3.63, 3.8) is 0 Å². The number of hydrogen-bond acceptors (Lipinski definition) is 5. The van der Waals surface area contributed by atoms with Crippen molar-refractivity contribution in [2.75, 3.05) is 11.9 Å². The first-order valence-corrected chi connectivity index (χ1v) is 6.38. The lowest BCUT2D eigenvalue weighted by Crippen LogP contribution is -2.13. The molecule has 0 saturated carbocycles. The maximum atomic E-state index is 10.1. The zero-order chi connectivity index (χ0) is 13.9. The van der Waals surface area contributed by atoms with E-state index in [0.29, 0.717) is 17.9 Å². The van der Waals surface area contributed by atoms with Gasteiger partial charge in [-0.1, -0.05) is 30.3 Å². The minimum Gasteiger partial charge on any atom is -0.387 e. The highest BCUT2D eigenvalue weighted by atomic mass is 16.3. The van der Waals surface area contributed by atoms with Crippen LogP contribution in [0.4, 0.5) is 5.82 Å². The summed E-state index contributed by atoms with van der Waals surface area (Å²) in [5.41, 5.74) is 3.24. The van der Waals surface area contributed by atoms with Gasteiger partial charge in [0.05, 0.1) is 11.8 Å². The van der Waals surface area contributed by atoms with E-state index in [1.807, 2.05) is 37.3 Å². The Morgan fingerprint density at radius 1 is 1.20 bits per heavy atom.